The Kier molecular flexibility index (Phi) is 4.01. The van der Waals surface area contributed by atoms with Gasteiger partial charge >= 0.3 is 0 Å². The highest BCUT2D eigenvalue weighted by Crippen LogP contribution is 2.24. The van der Waals surface area contributed by atoms with Crippen molar-refractivity contribution in [2.24, 2.45) is 0 Å². The number of piperidine rings is 1. The molecule has 0 saturated carbocycles. The summed E-state index contributed by atoms with van der Waals surface area (Å²) in [5.74, 6) is -0.00257. The van der Waals surface area contributed by atoms with Crippen LogP contribution < -0.4 is 10.6 Å². The molecule has 2 fully saturated rings. The first-order chi connectivity index (χ1) is 8.12. The minimum absolute atomic E-state index is 0.00257. The summed E-state index contributed by atoms with van der Waals surface area (Å²) in [6.07, 6.45) is 3.50. The van der Waals surface area contributed by atoms with Crippen molar-refractivity contribution in [3.05, 3.63) is 0 Å². The maximum Gasteiger partial charge on any atom is 0.237 e. The van der Waals surface area contributed by atoms with Gasteiger partial charge in [-0.25, -0.2) is 0 Å². The van der Waals surface area contributed by atoms with Crippen molar-refractivity contribution in [1.29, 1.82) is 0 Å². The summed E-state index contributed by atoms with van der Waals surface area (Å²) >= 11 is 0. The lowest BCUT2D eigenvalue weighted by atomic mass is 9.96. The van der Waals surface area contributed by atoms with E-state index in [4.69, 9.17) is 4.74 Å². The molecule has 0 bridgehead atoms. The molecule has 0 aliphatic carbocycles. The molecule has 2 aliphatic heterocycles. The second-order valence-electron chi connectivity index (χ2n) is 5.09. The number of hydrogen-bond acceptors (Lipinski definition) is 4. The van der Waals surface area contributed by atoms with E-state index in [-0.39, 0.29) is 24.6 Å². The van der Waals surface area contributed by atoms with E-state index in [9.17, 15) is 9.90 Å². The van der Waals surface area contributed by atoms with Gasteiger partial charge in [-0.2, -0.15) is 0 Å². The molecule has 98 valence electrons. The fourth-order valence-electron chi connectivity index (χ4n) is 2.44. The molecule has 5 nitrogen and oxygen atoms in total. The summed E-state index contributed by atoms with van der Waals surface area (Å²) in [6, 6.07) is -0.0926. The number of hydrogen-bond donors (Lipinski definition) is 3. The first-order valence-electron chi connectivity index (χ1n) is 6.47. The van der Waals surface area contributed by atoms with Crippen molar-refractivity contribution < 1.29 is 14.6 Å². The molecular weight excluding hydrogens is 220 g/mol. The van der Waals surface area contributed by atoms with Gasteiger partial charge in [0.05, 0.1) is 12.1 Å². The molecule has 3 unspecified atom stereocenters. The predicted molar refractivity (Wildman–Crippen MR) is 63.6 cm³/mol. The summed E-state index contributed by atoms with van der Waals surface area (Å²) in [6.45, 7) is 3.60. The average Bonchev–Trinajstić information content (AvgIpc) is 2.68. The molecule has 0 aromatic heterocycles. The maximum atomic E-state index is 11.9. The molecule has 2 saturated heterocycles. The normalized spacial score (nSPS) is 38.0. The first kappa shape index (κ1) is 12.8. The Bertz CT molecular complexity index is 279. The SMILES string of the molecule is CC1OCCC1(O)CNC(=O)C1CCCCN1. The van der Waals surface area contributed by atoms with E-state index < -0.39 is 5.60 Å². The molecule has 0 spiro atoms. The highest BCUT2D eigenvalue weighted by atomic mass is 16.5. The Hall–Kier alpha value is -0.650. The van der Waals surface area contributed by atoms with Crippen LogP contribution in [-0.4, -0.2) is 48.5 Å². The van der Waals surface area contributed by atoms with E-state index >= 15 is 0 Å². The zero-order valence-corrected chi connectivity index (χ0v) is 10.4. The zero-order chi connectivity index (χ0) is 12.3. The molecule has 2 aliphatic rings. The third-order valence-electron chi connectivity index (χ3n) is 3.86. The number of amides is 1. The van der Waals surface area contributed by atoms with Crippen molar-refractivity contribution >= 4 is 5.91 Å². The minimum Gasteiger partial charge on any atom is -0.385 e. The van der Waals surface area contributed by atoms with Gasteiger partial charge in [-0.1, -0.05) is 6.42 Å². The fourth-order valence-corrected chi connectivity index (χ4v) is 2.44. The van der Waals surface area contributed by atoms with Gasteiger partial charge in [-0.15, -0.1) is 0 Å². The lowest BCUT2D eigenvalue weighted by Gasteiger charge is -2.28. The van der Waals surface area contributed by atoms with Crippen LogP contribution in [0.2, 0.25) is 0 Å². The Morgan fingerprint density at radius 3 is 3.00 bits per heavy atom. The van der Waals surface area contributed by atoms with Gasteiger partial charge in [0.1, 0.15) is 5.60 Å². The molecule has 2 rings (SSSR count). The number of rotatable bonds is 3. The van der Waals surface area contributed by atoms with Crippen LogP contribution in [0.1, 0.15) is 32.6 Å². The summed E-state index contributed by atoms with van der Waals surface area (Å²) in [4.78, 5) is 11.9. The Morgan fingerprint density at radius 2 is 2.41 bits per heavy atom. The maximum absolute atomic E-state index is 11.9. The lowest BCUT2D eigenvalue weighted by Crippen LogP contribution is -2.53. The summed E-state index contributed by atoms with van der Waals surface area (Å²) in [7, 11) is 0. The summed E-state index contributed by atoms with van der Waals surface area (Å²) < 4.78 is 5.33. The van der Waals surface area contributed by atoms with Crippen LogP contribution in [0.5, 0.6) is 0 Å². The highest BCUT2D eigenvalue weighted by Gasteiger charge is 2.40. The topological polar surface area (TPSA) is 70.6 Å². The van der Waals surface area contributed by atoms with Crippen molar-refractivity contribution in [3.8, 4) is 0 Å². The quantitative estimate of drug-likeness (QED) is 0.640. The molecule has 0 aromatic carbocycles. The Morgan fingerprint density at radius 1 is 1.59 bits per heavy atom. The molecule has 0 radical (unpaired) electrons. The van der Waals surface area contributed by atoms with Gasteiger partial charge in [0.2, 0.25) is 5.91 Å². The molecule has 3 N–H and O–H groups in total. The fraction of sp³-hybridized carbons (Fsp3) is 0.917. The molecule has 1 amide bonds. The zero-order valence-electron chi connectivity index (χ0n) is 10.4. The predicted octanol–water partition coefficient (Wildman–Crippen LogP) is -0.215. The van der Waals surface area contributed by atoms with Crippen LogP contribution in [0.25, 0.3) is 0 Å². The van der Waals surface area contributed by atoms with Crippen LogP contribution in [0.3, 0.4) is 0 Å². The van der Waals surface area contributed by atoms with Gasteiger partial charge in [0, 0.05) is 19.6 Å². The van der Waals surface area contributed by atoms with Gasteiger partial charge in [-0.3, -0.25) is 4.79 Å². The third-order valence-corrected chi connectivity index (χ3v) is 3.86. The average molecular weight is 242 g/mol. The van der Waals surface area contributed by atoms with Gasteiger partial charge in [0.15, 0.2) is 0 Å². The van der Waals surface area contributed by atoms with E-state index in [0.29, 0.717) is 13.0 Å². The third kappa shape index (κ3) is 2.97. The highest BCUT2D eigenvalue weighted by molar-refractivity contribution is 5.81. The lowest BCUT2D eigenvalue weighted by molar-refractivity contribution is -0.125. The molecule has 2 heterocycles. The van der Waals surface area contributed by atoms with E-state index in [2.05, 4.69) is 10.6 Å². The van der Waals surface area contributed by atoms with Crippen LogP contribution in [0.4, 0.5) is 0 Å². The van der Waals surface area contributed by atoms with E-state index in [1.165, 1.54) is 0 Å². The van der Waals surface area contributed by atoms with Crippen LogP contribution in [0.15, 0.2) is 0 Å². The number of carbonyl (C=O) groups excluding carboxylic acids is 1. The number of ether oxygens (including phenoxy) is 1. The van der Waals surface area contributed by atoms with Crippen LogP contribution >= 0.6 is 0 Å². The second kappa shape index (κ2) is 5.33. The van der Waals surface area contributed by atoms with E-state index in [1.807, 2.05) is 6.92 Å². The number of carbonyl (C=O) groups is 1. The van der Waals surface area contributed by atoms with Crippen LogP contribution in [0, 0.1) is 0 Å². The van der Waals surface area contributed by atoms with Crippen molar-refractivity contribution in [3.63, 3.8) is 0 Å². The number of nitrogens with one attached hydrogen (secondary N) is 2. The van der Waals surface area contributed by atoms with Gasteiger partial charge in [-0.05, 0) is 26.3 Å². The number of aliphatic hydroxyl groups is 1. The molecule has 17 heavy (non-hydrogen) atoms. The van der Waals surface area contributed by atoms with E-state index in [0.717, 1.165) is 25.8 Å². The van der Waals surface area contributed by atoms with Crippen LogP contribution in [-0.2, 0) is 9.53 Å². The van der Waals surface area contributed by atoms with E-state index in [1.54, 1.807) is 0 Å². The Labute approximate surface area is 102 Å². The smallest absolute Gasteiger partial charge is 0.237 e. The second-order valence-corrected chi connectivity index (χ2v) is 5.09. The Balaban J connectivity index is 1.79. The van der Waals surface area contributed by atoms with Crippen molar-refractivity contribution in [2.45, 2.75) is 50.4 Å². The molecule has 0 aromatic rings. The van der Waals surface area contributed by atoms with Crippen molar-refractivity contribution in [2.75, 3.05) is 19.7 Å². The minimum atomic E-state index is -0.898. The standard InChI is InChI=1S/C12H22N2O3/c1-9-12(16,5-7-17-9)8-14-11(15)10-4-2-3-6-13-10/h9-10,13,16H,2-8H2,1H3,(H,14,15). The monoisotopic (exact) mass is 242 g/mol. The van der Waals surface area contributed by atoms with Gasteiger partial charge < -0.3 is 20.5 Å². The van der Waals surface area contributed by atoms with Crippen molar-refractivity contribution in [1.82, 2.24) is 10.6 Å². The molecular formula is C12H22N2O3. The molecule has 5 heteroatoms. The largest absolute Gasteiger partial charge is 0.385 e. The summed E-state index contributed by atoms with van der Waals surface area (Å²) in [5, 5.41) is 16.3. The van der Waals surface area contributed by atoms with Gasteiger partial charge in [0.25, 0.3) is 0 Å². The summed E-state index contributed by atoms with van der Waals surface area (Å²) in [5.41, 5.74) is -0.898. The molecule has 3 atom stereocenters. The first-order valence-corrected chi connectivity index (χ1v) is 6.47.